The van der Waals surface area contributed by atoms with E-state index in [1.165, 1.54) is 0 Å². The molecule has 0 saturated heterocycles. The number of nitrogens with zero attached hydrogens (tertiary/aromatic N) is 1. The van der Waals surface area contributed by atoms with Gasteiger partial charge in [0.1, 0.15) is 5.82 Å². The summed E-state index contributed by atoms with van der Waals surface area (Å²) in [6.45, 7) is 4.77. The highest BCUT2D eigenvalue weighted by Gasteiger charge is 2.00. The Morgan fingerprint density at radius 2 is 2.31 bits per heavy atom. The van der Waals surface area contributed by atoms with E-state index in [2.05, 4.69) is 17.2 Å². The van der Waals surface area contributed by atoms with Gasteiger partial charge in [0.25, 0.3) is 0 Å². The zero-order chi connectivity index (χ0) is 9.68. The third-order valence-electron chi connectivity index (χ3n) is 1.82. The summed E-state index contributed by atoms with van der Waals surface area (Å²) in [4.78, 5) is 4.17. The number of aromatic nitrogens is 1. The average Bonchev–Trinajstić information content (AvgIpc) is 2.15. The van der Waals surface area contributed by atoms with Gasteiger partial charge in [-0.2, -0.15) is 0 Å². The third kappa shape index (κ3) is 3.03. The smallest absolute Gasteiger partial charge is 0.125 e. The van der Waals surface area contributed by atoms with E-state index < -0.39 is 6.10 Å². The van der Waals surface area contributed by atoms with Crippen molar-refractivity contribution in [2.45, 2.75) is 26.4 Å². The van der Waals surface area contributed by atoms with E-state index in [9.17, 15) is 5.11 Å². The summed E-state index contributed by atoms with van der Waals surface area (Å²) in [5.41, 5.74) is 0.849. The van der Waals surface area contributed by atoms with Gasteiger partial charge in [0.15, 0.2) is 0 Å². The van der Waals surface area contributed by atoms with Crippen LogP contribution in [0.1, 0.15) is 31.9 Å². The Morgan fingerprint density at radius 3 is 2.77 bits per heavy atom. The van der Waals surface area contributed by atoms with Gasteiger partial charge in [-0.15, -0.1) is 0 Å². The van der Waals surface area contributed by atoms with Crippen molar-refractivity contribution in [1.29, 1.82) is 0 Å². The van der Waals surface area contributed by atoms with Gasteiger partial charge >= 0.3 is 0 Å². The average molecular weight is 180 g/mol. The van der Waals surface area contributed by atoms with E-state index in [0.717, 1.165) is 24.3 Å². The Hall–Kier alpha value is -1.09. The third-order valence-corrected chi connectivity index (χ3v) is 1.82. The van der Waals surface area contributed by atoms with Gasteiger partial charge in [0.05, 0.1) is 6.10 Å². The minimum Gasteiger partial charge on any atom is -0.389 e. The molecule has 0 radical (unpaired) electrons. The number of hydrogen-bond acceptors (Lipinski definition) is 3. The number of anilines is 1. The Bertz CT molecular complexity index is 244. The highest BCUT2D eigenvalue weighted by atomic mass is 16.3. The van der Waals surface area contributed by atoms with Crippen molar-refractivity contribution in [2.75, 3.05) is 11.9 Å². The Kier molecular flexibility index (Phi) is 3.71. The lowest BCUT2D eigenvalue weighted by atomic mass is 10.2. The van der Waals surface area contributed by atoms with E-state index in [-0.39, 0.29) is 0 Å². The maximum absolute atomic E-state index is 9.23. The number of hydrogen-bond donors (Lipinski definition) is 2. The first-order valence-electron chi connectivity index (χ1n) is 4.62. The van der Waals surface area contributed by atoms with Crippen LogP contribution in [0.2, 0.25) is 0 Å². The standard InChI is InChI=1S/C10H16N2O/c1-3-6-11-10-5-4-9(7-12-10)8(2)13/h4-5,7-8,13H,3,6H2,1-2H3,(H,11,12)/t8-/m0/s1. The van der Waals surface area contributed by atoms with Crippen LogP contribution in [0.15, 0.2) is 18.3 Å². The predicted molar refractivity (Wildman–Crippen MR) is 53.7 cm³/mol. The molecular weight excluding hydrogens is 164 g/mol. The van der Waals surface area contributed by atoms with Crippen LogP contribution in [-0.4, -0.2) is 16.6 Å². The number of rotatable bonds is 4. The van der Waals surface area contributed by atoms with Gasteiger partial charge in [0.2, 0.25) is 0 Å². The molecule has 0 saturated carbocycles. The zero-order valence-corrected chi connectivity index (χ0v) is 8.12. The molecule has 0 aliphatic carbocycles. The molecular formula is C10H16N2O. The highest BCUT2D eigenvalue weighted by molar-refractivity contribution is 5.35. The summed E-state index contributed by atoms with van der Waals surface area (Å²) in [6.07, 6.45) is 2.34. The molecule has 0 bridgehead atoms. The van der Waals surface area contributed by atoms with E-state index in [1.807, 2.05) is 12.1 Å². The van der Waals surface area contributed by atoms with Crippen molar-refractivity contribution in [2.24, 2.45) is 0 Å². The molecule has 13 heavy (non-hydrogen) atoms. The molecule has 3 nitrogen and oxygen atoms in total. The second kappa shape index (κ2) is 4.82. The van der Waals surface area contributed by atoms with Crippen molar-refractivity contribution in [3.63, 3.8) is 0 Å². The molecule has 2 N–H and O–H groups in total. The largest absolute Gasteiger partial charge is 0.389 e. The molecule has 1 heterocycles. The fourth-order valence-electron chi connectivity index (χ4n) is 1.01. The second-order valence-corrected chi connectivity index (χ2v) is 3.08. The lowest BCUT2D eigenvalue weighted by Crippen LogP contribution is -2.02. The molecule has 0 aliphatic heterocycles. The second-order valence-electron chi connectivity index (χ2n) is 3.08. The Balaban J connectivity index is 2.59. The molecule has 72 valence electrons. The molecule has 0 aromatic carbocycles. The topological polar surface area (TPSA) is 45.1 Å². The van der Waals surface area contributed by atoms with E-state index in [0.29, 0.717) is 0 Å². The van der Waals surface area contributed by atoms with Crippen LogP contribution in [0, 0.1) is 0 Å². The maximum atomic E-state index is 9.23. The summed E-state index contributed by atoms with van der Waals surface area (Å²) in [5.74, 6) is 0.867. The van der Waals surface area contributed by atoms with Gasteiger partial charge in [0, 0.05) is 12.7 Å². The number of aliphatic hydroxyl groups excluding tert-OH is 1. The molecule has 1 atom stereocenters. The molecule has 3 heteroatoms. The van der Waals surface area contributed by atoms with Gasteiger partial charge in [-0.05, 0) is 25.0 Å². The lowest BCUT2D eigenvalue weighted by Gasteiger charge is -2.06. The fraction of sp³-hybridized carbons (Fsp3) is 0.500. The number of aliphatic hydroxyl groups is 1. The van der Waals surface area contributed by atoms with Gasteiger partial charge in [-0.25, -0.2) is 4.98 Å². The van der Waals surface area contributed by atoms with Gasteiger partial charge in [-0.1, -0.05) is 13.0 Å². The molecule has 0 spiro atoms. The summed E-state index contributed by atoms with van der Waals surface area (Å²) in [7, 11) is 0. The van der Waals surface area contributed by atoms with Crippen LogP contribution in [0.5, 0.6) is 0 Å². The van der Waals surface area contributed by atoms with E-state index in [4.69, 9.17) is 0 Å². The van der Waals surface area contributed by atoms with Crippen molar-refractivity contribution >= 4 is 5.82 Å². The fourth-order valence-corrected chi connectivity index (χ4v) is 1.01. The van der Waals surface area contributed by atoms with Crippen LogP contribution in [-0.2, 0) is 0 Å². The molecule has 0 fully saturated rings. The molecule has 0 unspecified atom stereocenters. The first-order chi connectivity index (χ1) is 6.24. The minimum atomic E-state index is -0.437. The molecule has 0 aliphatic rings. The summed E-state index contributed by atoms with van der Waals surface area (Å²) in [6, 6.07) is 3.77. The van der Waals surface area contributed by atoms with Gasteiger partial charge < -0.3 is 10.4 Å². The van der Waals surface area contributed by atoms with Crippen LogP contribution in [0.3, 0.4) is 0 Å². The quantitative estimate of drug-likeness (QED) is 0.744. The SMILES string of the molecule is CCCNc1ccc([C@H](C)O)cn1. The van der Waals surface area contributed by atoms with Crippen LogP contribution < -0.4 is 5.32 Å². The van der Waals surface area contributed by atoms with Crippen molar-refractivity contribution in [3.05, 3.63) is 23.9 Å². The van der Waals surface area contributed by atoms with E-state index >= 15 is 0 Å². The van der Waals surface area contributed by atoms with Crippen molar-refractivity contribution in [3.8, 4) is 0 Å². The van der Waals surface area contributed by atoms with Crippen molar-refractivity contribution in [1.82, 2.24) is 4.98 Å². The monoisotopic (exact) mass is 180 g/mol. The number of pyridine rings is 1. The highest BCUT2D eigenvalue weighted by Crippen LogP contribution is 2.12. The van der Waals surface area contributed by atoms with Crippen LogP contribution >= 0.6 is 0 Å². The normalized spacial score (nSPS) is 12.5. The van der Waals surface area contributed by atoms with Gasteiger partial charge in [-0.3, -0.25) is 0 Å². The Morgan fingerprint density at radius 1 is 1.54 bits per heavy atom. The first kappa shape index (κ1) is 9.99. The lowest BCUT2D eigenvalue weighted by molar-refractivity contribution is 0.199. The summed E-state index contributed by atoms with van der Waals surface area (Å²) in [5, 5.41) is 12.4. The zero-order valence-electron chi connectivity index (χ0n) is 8.12. The predicted octanol–water partition coefficient (Wildman–Crippen LogP) is 1.96. The molecule has 0 amide bonds. The molecule has 1 rings (SSSR count). The summed E-state index contributed by atoms with van der Waals surface area (Å²) < 4.78 is 0. The first-order valence-corrected chi connectivity index (χ1v) is 4.62. The van der Waals surface area contributed by atoms with Crippen LogP contribution in [0.25, 0.3) is 0 Å². The minimum absolute atomic E-state index is 0.437. The van der Waals surface area contributed by atoms with Crippen molar-refractivity contribution < 1.29 is 5.11 Å². The summed E-state index contributed by atoms with van der Waals surface area (Å²) >= 11 is 0. The number of nitrogens with one attached hydrogen (secondary N) is 1. The van der Waals surface area contributed by atoms with E-state index in [1.54, 1.807) is 13.1 Å². The molecule has 1 aromatic rings. The Labute approximate surface area is 78.8 Å². The van der Waals surface area contributed by atoms with Crippen LogP contribution in [0.4, 0.5) is 5.82 Å². The maximum Gasteiger partial charge on any atom is 0.125 e. The molecule has 1 aromatic heterocycles.